The molecular formula is C28H37Cl2N5O7. The third-order valence-electron chi connectivity index (χ3n) is 7.89. The Balaban J connectivity index is 1.20. The van der Waals surface area contributed by atoms with Crippen LogP contribution in [0.5, 0.6) is 0 Å². The average molecular weight is 627 g/mol. The lowest BCUT2D eigenvalue weighted by molar-refractivity contribution is -0.212. The highest BCUT2D eigenvalue weighted by Gasteiger charge is 2.47. The van der Waals surface area contributed by atoms with Gasteiger partial charge < -0.3 is 34.5 Å². The second-order valence-electron chi connectivity index (χ2n) is 12.1. The van der Waals surface area contributed by atoms with Crippen molar-refractivity contribution in [3.05, 3.63) is 34.4 Å². The first-order valence-corrected chi connectivity index (χ1v) is 14.9. The predicted molar refractivity (Wildman–Crippen MR) is 154 cm³/mol. The summed E-state index contributed by atoms with van der Waals surface area (Å²) in [6, 6.07) is 4.13. The summed E-state index contributed by atoms with van der Waals surface area (Å²) in [6.45, 7) is 6.26. The summed E-state index contributed by atoms with van der Waals surface area (Å²) in [4.78, 5) is 19.9. The highest BCUT2D eigenvalue weighted by Crippen LogP contribution is 2.35. The molecule has 2 saturated heterocycles. The molecule has 1 amide bonds. The van der Waals surface area contributed by atoms with E-state index >= 15 is 0 Å². The molecule has 0 spiro atoms. The first-order chi connectivity index (χ1) is 19.9. The Morgan fingerprint density at radius 2 is 1.83 bits per heavy atom. The summed E-state index contributed by atoms with van der Waals surface area (Å²) in [5.74, 6) is 0.181. The van der Waals surface area contributed by atoms with Crippen LogP contribution in [-0.4, -0.2) is 103 Å². The molecule has 42 heavy (non-hydrogen) atoms. The molecule has 230 valence electrons. The second kappa shape index (κ2) is 12.6. The number of hydrogen-bond acceptors (Lipinski definition) is 10. The molecule has 5 rings (SSSR count). The van der Waals surface area contributed by atoms with Crippen LogP contribution in [0.15, 0.2) is 29.6 Å². The number of aliphatic hydroxyl groups excluding tert-OH is 3. The fourth-order valence-electron chi connectivity index (χ4n) is 5.69. The van der Waals surface area contributed by atoms with Crippen LogP contribution >= 0.6 is 23.2 Å². The predicted octanol–water partition coefficient (Wildman–Crippen LogP) is 3.46. The summed E-state index contributed by atoms with van der Waals surface area (Å²) in [5, 5.41) is 45.7. The average Bonchev–Trinajstić information content (AvgIpc) is 3.61. The van der Waals surface area contributed by atoms with E-state index in [-0.39, 0.29) is 18.1 Å². The number of piperidine rings is 1. The number of aromatic nitrogens is 3. The van der Waals surface area contributed by atoms with Crippen molar-refractivity contribution >= 4 is 35.0 Å². The number of rotatable bonds is 6. The van der Waals surface area contributed by atoms with Gasteiger partial charge in [-0.15, -0.1) is 5.10 Å². The van der Waals surface area contributed by atoms with Crippen LogP contribution in [-0.2, 0) is 14.3 Å². The molecule has 12 nitrogen and oxygen atoms in total. The number of carbonyl (C=O) groups is 1. The number of ether oxygens (including phenoxy) is 2. The number of amides is 1. The van der Waals surface area contributed by atoms with Crippen LogP contribution < -0.4 is 0 Å². The Labute approximate surface area is 254 Å². The number of hydrogen-bond donors (Lipinski definition) is 3. The molecule has 3 aliphatic heterocycles. The largest absolute Gasteiger partial charge is 0.444 e. The Kier molecular flexibility index (Phi) is 9.31. The maximum atomic E-state index is 12.4. The van der Waals surface area contributed by atoms with Gasteiger partial charge in [0.1, 0.15) is 41.8 Å². The van der Waals surface area contributed by atoms with Crippen molar-refractivity contribution in [2.75, 3.05) is 19.7 Å². The Bertz CT molecular complexity index is 1290. The lowest BCUT2D eigenvalue weighted by Gasteiger charge is -2.42. The molecule has 1 aromatic carbocycles. The Morgan fingerprint density at radius 3 is 2.50 bits per heavy atom. The number of benzene rings is 1. The normalized spacial score (nSPS) is 28.9. The van der Waals surface area contributed by atoms with E-state index in [9.17, 15) is 20.1 Å². The highest BCUT2D eigenvalue weighted by atomic mass is 35.5. The van der Waals surface area contributed by atoms with E-state index in [1.165, 1.54) is 4.68 Å². The number of nitrogens with zero attached hydrogens (tertiary/aromatic N) is 5. The Morgan fingerprint density at radius 1 is 1.12 bits per heavy atom. The first kappa shape index (κ1) is 31.0. The number of aliphatic hydroxyl groups is 3. The molecule has 6 atom stereocenters. The van der Waals surface area contributed by atoms with Crippen molar-refractivity contribution in [2.45, 2.75) is 88.6 Å². The van der Waals surface area contributed by atoms with Crippen LogP contribution in [0.2, 0.25) is 10.0 Å². The zero-order valence-electron chi connectivity index (χ0n) is 23.8. The fraction of sp³-hybridized carbons (Fsp3) is 0.643. The molecule has 14 heteroatoms. The van der Waals surface area contributed by atoms with E-state index in [0.29, 0.717) is 47.2 Å². The minimum absolute atomic E-state index is 0.181. The van der Waals surface area contributed by atoms with Gasteiger partial charge in [0.2, 0.25) is 0 Å². The number of carbonyl (C=O) groups excluding carboxylic acids is 1. The smallest absolute Gasteiger partial charge is 0.410 e. The third-order valence-corrected chi connectivity index (χ3v) is 8.63. The number of halogens is 2. The third kappa shape index (κ3) is 6.84. The minimum atomic E-state index is -1.24. The zero-order valence-corrected chi connectivity index (χ0v) is 25.3. The molecule has 0 radical (unpaired) electrons. The SMILES string of the molecule is CC(C)(C)OC(=O)N1CCC(C2=NOC(C[C@H]3O[C@H](CO)[C@H](O)[C@H](n4cc(-c5ccc(Cl)c(Cl)c5)nn4)[C@H]3O)C2)CC1. The molecule has 0 saturated carbocycles. The van der Waals surface area contributed by atoms with Gasteiger partial charge in [0.25, 0.3) is 0 Å². The lowest BCUT2D eigenvalue weighted by Crippen LogP contribution is -2.56. The van der Waals surface area contributed by atoms with E-state index in [4.69, 9.17) is 37.5 Å². The standard InChI is InChI=1S/C28H37Cl2N5O7/c1-28(2,3)41-27(39)34-8-6-15(7-9-34)20-11-17(42-32-20)12-22-25(37)24(26(38)23(14-36)40-22)35-13-21(31-33-35)16-4-5-18(29)19(30)10-16/h4-5,10,13,15,17,22-26,36-38H,6-9,11-12,14H2,1-3H3/t17?,22-,23-,24-,25+,26+/m1/s1. The van der Waals surface area contributed by atoms with E-state index in [1.807, 2.05) is 20.8 Å². The topological polar surface area (TPSA) is 152 Å². The molecule has 3 aliphatic rings. The van der Waals surface area contributed by atoms with Crippen molar-refractivity contribution in [1.29, 1.82) is 0 Å². The monoisotopic (exact) mass is 625 g/mol. The van der Waals surface area contributed by atoms with Crippen LogP contribution in [0.4, 0.5) is 4.79 Å². The van der Waals surface area contributed by atoms with Crippen molar-refractivity contribution < 1.29 is 34.4 Å². The molecule has 4 heterocycles. The summed E-state index contributed by atoms with van der Waals surface area (Å²) < 4.78 is 12.8. The molecule has 3 N–H and O–H groups in total. The van der Waals surface area contributed by atoms with Gasteiger partial charge in [0.15, 0.2) is 0 Å². The van der Waals surface area contributed by atoms with Gasteiger partial charge in [0, 0.05) is 37.4 Å². The van der Waals surface area contributed by atoms with Crippen LogP contribution in [0, 0.1) is 5.92 Å². The molecule has 0 bridgehead atoms. The summed E-state index contributed by atoms with van der Waals surface area (Å²) in [6.07, 6.45) is -0.807. The molecule has 2 aromatic rings. The second-order valence-corrected chi connectivity index (χ2v) is 12.9. The first-order valence-electron chi connectivity index (χ1n) is 14.1. The van der Waals surface area contributed by atoms with Gasteiger partial charge >= 0.3 is 6.09 Å². The van der Waals surface area contributed by atoms with Gasteiger partial charge in [-0.25, -0.2) is 9.48 Å². The lowest BCUT2D eigenvalue weighted by atomic mass is 9.86. The van der Waals surface area contributed by atoms with Crippen molar-refractivity contribution in [3.8, 4) is 11.3 Å². The summed E-state index contributed by atoms with van der Waals surface area (Å²) >= 11 is 12.2. The summed E-state index contributed by atoms with van der Waals surface area (Å²) in [7, 11) is 0. The maximum Gasteiger partial charge on any atom is 0.410 e. The quantitative estimate of drug-likeness (QED) is 0.438. The fourth-order valence-corrected chi connectivity index (χ4v) is 5.99. The maximum absolute atomic E-state index is 12.4. The van der Waals surface area contributed by atoms with Gasteiger partial charge in [-0.2, -0.15) is 0 Å². The van der Waals surface area contributed by atoms with E-state index in [0.717, 1.165) is 18.6 Å². The van der Waals surface area contributed by atoms with Gasteiger partial charge in [-0.3, -0.25) is 0 Å². The van der Waals surface area contributed by atoms with E-state index in [1.54, 1.807) is 29.3 Å². The van der Waals surface area contributed by atoms with Crippen molar-refractivity contribution in [2.24, 2.45) is 11.1 Å². The number of oxime groups is 1. The van der Waals surface area contributed by atoms with Crippen LogP contribution in [0.3, 0.4) is 0 Å². The highest BCUT2D eigenvalue weighted by molar-refractivity contribution is 6.42. The van der Waals surface area contributed by atoms with Gasteiger partial charge in [-0.1, -0.05) is 39.6 Å². The van der Waals surface area contributed by atoms with Crippen LogP contribution in [0.1, 0.15) is 52.5 Å². The molecule has 1 aromatic heterocycles. The summed E-state index contributed by atoms with van der Waals surface area (Å²) in [5.41, 5.74) is 1.53. The van der Waals surface area contributed by atoms with E-state index in [2.05, 4.69) is 15.5 Å². The molecule has 0 aliphatic carbocycles. The molecule has 2 fully saturated rings. The van der Waals surface area contributed by atoms with Crippen LogP contribution in [0.25, 0.3) is 11.3 Å². The van der Waals surface area contributed by atoms with Gasteiger partial charge in [0.05, 0.1) is 34.7 Å². The minimum Gasteiger partial charge on any atom is -0.444 e. The molecule has 1 unspecified atom stereocenters. The van der Waals surface area contributed by atoms with Crippen molar-refractivity contribution in [1.82, 2.24) is 19.9 Å². The van der Waals surface area contributed by atoms with Crippen molar-refractivity contribution in [3.63, 3.8) is 0 Å². The Hall–Kier alpha value is -2.48. The molecular weight excluding hydrogens is 589 g/mol. The zero-order chi connectivity index (χ0) is 30.2. The van der Waals surface area contributed by atoms with E-state index < -0.39 is 42.7 Å². The number of likely N-dealkylation sites (tertiary alicyclic amines) is 1. The van der Waals surface area contributed by atoms with Gasteiger partial charge in [-0.05, 0) is 45.7 Å².